The van der Waals surface area contributed by atoms with E-state index in [9.17, 15) is 9.90 Å². The molecule has 1 aliphatic carbocycles. The highest BCUT2D eigenvalue weighted by atomic mass is 16.5. The van der Waals surface area contributed by atoms with Crippen molar-refractivity contribution in [1.29, 1.82) is 0 Å². The number of ketones is 1. The van der Waals surface area contributed by atoms with E-state index in [0.29, 0.717) is 24.0 Å². The first-order chi connectivity index (χ1) is 20.0. The van der Waals surface area contributed by atoms with Gasteiger partial charge >= 0.3 is 6.01 Å². The molecule has 1 fully saturated rings. The smallest absolute Gasteiger partial charge is 0.316 e. The zero-order valence-corrected chi connectivity index (χ0v) is 23.9. The molecule has 1 N–H and O–H groups in total. The van der Waals surface area contributed by atoms with Crippen molar-refractivity contribution in [2.45, 2.75) is 64.4 Å². The molecule has 3 atom stereocenters. The second kappa shape index (κ2) is 13.6. The van der Waals surface area contributed by atoms with E-state index in [2.05, 4.69) is 21.9 Å². The lowest BCUT2D eigenvalue weighted by Crippen LogP contribution is -2.28. The molecule has 7 heteroatoms. The van der Waals surface area contributed by atoms with Gasteiger partial charge in [0.15, 0.2) is 5.78 Å². The number of methoxy groups -OCH3 is 1. The summed E-state index contributed by atoms with van der Waals surface area (Å²) in [6, 6.07) is 14.1. The van der Waals surface area contributed by atoms with Crippen LogP contribution in [0.3, 0.4) is 0 Å². The molecule has 0 bridgehead atoms. The first kappa shape index (κ1) is 28.6. The summed E-state index contributed by atoms with van der Waals surface area (Å²) in [5.74, 6) is 0.729. The summed E-state index contributed by atoms with van der Waals surface area (Å²) < 4.78 is 5.03. The Labute approximate surface area is 241 Å². The number of carbonyl (C=O) groups excluding carboxylic acids is 1. The number of aliphatic hydroxyl groups excluding tert-OH is 1. The van der Waals surface area contributed by atoms with Gasteiger partial charge in [-0.2, -0.15) is 0 Å². The monoisotopic (exact) mass is 550 g/mol. The molecular formula is C34H38N4O3. The summed E-state index contributed by atoms with van der Waals surface area (Å²) in [5.41, 5.74) is 4.92. The van der Waals surface area contributed by atoms with E-state index >= 15 is 0 Å². The van der Waals surface area contributed by atoms with Crippen LogP contribution >= 0.6 is 0 Å². The molecule has 3 heterocycles. The standard InChI is InChI=1S/C34H38N4O3/c1-3-4-8-23-13-15-25(33(40)18-23)9-7-12-32(39)31-19-26(28-10-5-6-11-30(28)38-31)17-24-14-16-29(35-20-24)27-21-36-34(41-2)37-22-27/h5-7,9-11,14,16,19-23,25,33,40H,3-4,8,12-13,15,17-18H2,1-2H3. The predicted molar refractivity (Wildman–Crippen MR) is 161 cm³/mol. The van der Waals surface area contributed by atoms with Crippen molar-refractivity contribution < 1.29 is 14.6 Å². The van der Waals surface area contributed by atoms with Crippen LogP contribution in [0.2, 0.25) is 0 Å². The number of Topliss-reactive ketones (excluding diaryl/α,β-unsaturated/α-hetero) is 1. The van der Waals surface area contributed by atoms with Gasteiger partial charge < -0.3 is 9.84 Å². The molecule has 1 aromatic carbocycles. The van der Waals surface area contributed by atoms with Crippen LogP contribution in [0, 0.1) is 11.8 Å². The van der Waals surface area contributed by atoms with Crippen LogP contribution < -0.4 is 4.74 Å². The second-order valence-electron chi connectivity index (χ2n) is 11.0. The topological polar surface area (TPSA) is 98.1 Å². The molecule has 0 spiro atoms. The maximum Gasteiger partial charge on any atom is 0.316 e. The zero-order chi connectivity index (χ0) is 28.6. The molecule has 7 nitrogen and oxygen atoms in total. The number of aromatic nitrogens is 4. The van der Waals surface area contributed by atoms with E-state index in [4.69, 9.17) is 9.72 Å². The number of benzene rings is 1. The number of unbranched alkanes of at least 4 members (excludes halogenated alkanes) is 1. The minimum absolute atomic E-state index is 0.0210. The number of rotatable bonds is 11. The van der Waals surface area contributed by atoms with Gasteiger partial charge in [0.2, 0.25) is 0 Å². The molecule has 1 saturated carbocycles. The lowest BCUT2D eigenvalue weighted by molar-refractivity contribution is 0.0627. The van der Waals surface area contributed by atoms with Gasteiger partial charge in [0.05, 0.1) is 24.4 Å². The van der Waals surface area contributed by atoms with Crippen LogP contribution in [0.25, 0.3) is 22.2 Å². The van der Waals surface area contributed by atoms with Gasteiger partial charge in [-0.1, -0.05) is 62.6 Å². The van der Waals surface area contributed by atoms with Gasteiger partial charge in [-0.25, -0.2) is 15.0 Å². The molecule has 0 aliphatic heterocycles. The Morgan fingerprint density at radius 3 is 2.63 bits per heavy atom. The molecule has 0 saturated heterocycles. The van der Waals surface area contributed by atoms with Crippen LogP contribution in [0.4, 0.5) is 0 Å². The molecule has 0 amide bonds. The Morgan fingerprint density at radius 2 is 1.90 bits per heavy atom. The Balaban J connectivity index is 1.27. The molecular weight excluding hydrogens is 512 g/mol. The summed E-state index contributed by atoms with van der Waals surface area (Å²) in [6.07, 6.45) is 16.4. The third-order valence-corrected chi connectivity index (χ3v) is 8.04. The Kier molecular flexibility index (Phi) is 9.47. The highest BCUT2D eigenvalue weighted by molar-refractivity contribution is 5.98. The second-order valence-corrected chi connectivity index (χ2v) is 11.0. The third-order valence-electron chi connectivity index (χ3n) is 8.04. The number of fused-ring (bicyclic) bond motifs is 1. The van der Waals surface area contributed by atoms with Crippen LogP contribution in [0.1, 0.15) is 73.5 Å². The largest absolute Gasteiger partial charge is 0.467 e. The van der Waals surface area contributed by atoms with Gasteiger partial charge in [-0.15, -0.1) is 0 Å². The highest BCUT2D eigenvalue weighted by Crippen LogP contribution is 2.33. The van der Waals surface area contributed by atoms with Gasteiger partial charge in [0, 0.05) is 41.9 Å². The molecule has 212 valence electrons. The number of allylic oxidation sites excluding steroid dienone is 1. The average molecular weight is 551 g/mol. The number of carbonyl (C=O) groups is 1. The van der Waals surface area contributed by atoms with Crippen LogP contribution in [-0.4, -0.2) is 44.0 Å². The summed E-state index contributed by atoms with van der Waals surface area (Å²) >= 11 is 0. The summed E-state index contributed by atoms with van der Waals surface area (Å²) in [6.45, 7) is 2.21. The van der Waals surface area contributed by atoms with Crippen molar-refractivity contribution in [2.24, 2.45) is 11.8 Å². The first-order valence-corrected chi connectivity index (χ1v) is 14.6. The normalized spacial score (nSPS) is 19.0. The molecule has 3 unspecified atom stereocenters. The summed E-state index contributed by atoms with van der Waals surface area (Å²) in [4.78, 5) is 30.8. The molecule has 3 aromatic heterocycles. The lowest BCUT2D eigenvalue weighted by atomic mass is 9.77. The van der Waals surface area contributed by atoms with E-state index in [1.807, 2.05) is 60.8 Å². The SMILES string of the molecule is CCCCC1CCC(C=CCC(=O)c2cc(Cc3ccc(-c4cnc(OC)nc4)nc3)c3ccccc3n2)C(O)C1. The molecule has 1 aliphatic rings. The fourth-order valence-corrected chi connectivity index (χ4v) is 5.70. The van der Waals surface area contributed by atoms with Crippen molar-refractivity contribution in [1.82, 2.24) is 19.9 Å². The van der Waals surface area contributed by atoms with E-state index in [1.165, 1.54) is 26.4 Å². The number of hydrogen-bond acceptors (Lipinski definition) is 7. The van der Waals surface area contributed by atoms with Crippen LogP contribution in [0.15, 0.2) is 73.2 Å². The summed E-state index contributed by atoms with van der Waals surface area (Å²) in [7, 11) is 1.53. The Morgan fingerprint density at radius 1 is 1.07 bits per heavy atom. The fraction of sp³-hybridized carbons (Fsp3) is 0.382. The van der Waals surface area contributed by atoms with Gasteiger partial charge in [0.1, 0.15) is 5.69 Å². The Hall–Kier alpha value is -3.97. The number of nitrogens with zero attached hydrogens (tertiary/aromatic N) is 4. The number of para-hydroxylation sites is 1. The van der Waals surface area contributed by atoms with E-state index < -0.39 is 0 Å². The third kappa shape index (κ3) is 7.22. The number of pyridine rings is 2. The van der Waals surface area contributed by atoms with Crippen LogP contribution in [0.5, 0.6) is 6.01 Å². The van der Waals surface area contributed by atoms with E-state index in [1.54, 1.807) is 12.4 Å². The zero-order valence-electron chi connectivity index (χ0n) is 23.9. The van der Waals surface area contributed by atoms with Crippen molar-refractivity contribution in [3.05, 3.63) is 90.0 Å². The van der Waals surface area contributed by atoms with Crippen molar-refractivity contribution in [2.75, 3.05) is 7.11 Å². The van der Waals surface area contributed by atoms with E-state index in [0.717, 1.165) is 52.5 Å². The van der Waals surface area contributed by atoms with Gasteiger partial charge in [0.25, 0.3) is 0 Å². The molecule has 4 aromatic rings. The summed E-state index contributed by atoms with van der Waals surface area (Å²) in [5, 5.41) is 11.7. The maximum absolute atomic E-state index is 13.2. The molecule has 0 radical (unpaired) electrons. The first-order valence-electron chi connectivity index (χ1n) is 14.6. The minimum atomic E-state index is -0.320. The predicted octanol–water partition coefficient (Wildman–Crippen LogP) is 6.78. The minimum Gasteiger partial charge on any atom is -0.467 e. The number of hydrogen-bond donors (Lipinski definition) is 1. The van der Waals surface area contributed by atoms with Crippen molar-refractivity contribution >= 4 is 16.7 Å². The molecule has 5 rings (SSSR count). The van der Waals surface area contributed by atoms with Crippen molar-refractivity contribution in [3.8, 4) is 17.3 Å². The number of aliphatic hydroxyl groups is 1. The van der Waals surface area contributed by atoms with Gasteiger partial charge in [-0.05, 0) is 60.9 Å². The maximum atomic E-state index is 13.2. The quantitative estimate of drug-likeness (QED) is 0.162. The van der Waals surface area contributed by atoms with Gasteiger partial charge in [-0.3, -0.25) is 9.78 Å². The molecule has 41 heavy (non-hydrogen) atoms. The highest BCUT2D eigenvalue weighted by Gasteiger charge is 2.27. The average Bonchev–Trinajstić information content (AvgIpc) is 3.01. The fourth-order valence-electron chi connectivity index (χ4n) is 5.70. The van der Waals surface area contributed by atoms with Crippen LogP contribution in [-0.2, 0) is 6.42 Å². The van der Waals surface area contributed by atoms with E-state index in [-0.39, 0.29) is 24.2 Å². The van der Waals surface area contributed by atoms with Crippen molar-refractivity contribution in [3.63, 3.8) is 0 Å². The lowest BCUT2D eigenvalue weighted by Gasteiger charge is -2.31. The Bertz CT molecular complexity index is 1480. The number of ether oxygens (including phenoxy) is 1.